The Balaban J connectivity index is 2.55. The van der Waals surface area contributed by atoms with Gasteiger partial charge in [-0.2, -0.15) is 0 Å². The fourth-order valence-electron chi connectivity index (χ4n) is 2.01. The first-order chi connectivity index (χ1) is 9.02. The van der Waals surface area contributed by atoms with Gasteiger partial charge in [-0.15, -0.1) is 0 Å². The first kappa shape index (κ1) is 14.2. The van der Waals surface area contributed by atoms with E-state index in [0.29, 0.717) is 21.1 Å². The number of benzene rings is 1. The Hall–Kier alpha value is -1.26. The van der Waals surface area contributed by atoms with Crippen LogP contribution in [0.4, 0.5) is 0 Å². The molecule has 0 spiro atoms. The third kappa shape index (κ3) is 3.01. The molecule has 4 nitrogen and oxygen atoms in total. The molecule has 1 aromatic heterocycles. The zero-order valence-electron chi connectivity index (χ0n) is 10.5. The van der Waals surface area contributed by atoms with Gasteiger partial charge in [0, 0.05) is 6.42 Å². The Morgan fingerprint density at radius 3 is 2.68 bits per heavy atom. The van der Waals surface area contributed by atoms with Crippen LogP contribution in [0.15, 0.2) is 12.1 Å². The number of fused-ring (bicyclic) bond motifs is 1. The van der Waals surface area contributed by atoms with Gasteiger partial charge in [-0.25, -0.2) is 4.98 Å². The van der Waals surface area contributed by atoms with Crippen molar-refractivity contribution >= 4 is 40.2 Å². The fourth-order valence-corrected chi connectivity index (χ4v) is 2.32. The van der Waals surface area contributed by atoms with Gasteiger partial charge in [0.15, 0.2) is 0 Å². The van der Waals surface area contributed by atoms with Gasteiger partial charge in [0.2, 0.25) is 0 Å². The van der Waals surface area contributed by atoms with Gasteiger partial charge in [0.1, 0.15) is 12.4 Å². The zero-order chi connectivity index (χ0) is 14.0. The second-order valence-electron chi connectivity index (χ2n) is 4.37. The number of aromatic nitrogens is 2. The molecular weight excluding hydrogens is 287 g/mol. The molecule has 0 unspecified atom stereocenters. The summed E-state index contributed by atoms with van der Waals surface area (Å²) in [6.07, 6.45) is 2.73. The smallest absolute Gasteiger partial charge is 0.323 e. The van der Waals surface area contributed by atoms with E-state index in [1.807, 2.05) is 0 Å². The van der Waals surface area contributed by atoms with Crippen LogP contribution in [0.1, 0.15) is 25.6 Å². The topological polar surface area (TPSA) is 55.1 Å². The lowest BCUT2D eigenvalue weighted by Crippen LogP contribution is -2.12. The number of halogens is 2. The van der Waals surface area contributed by atoms with E-state index in [2.05, 4.69) is 11.9 Å². The number of hydrogen-bond acceptors (Lipinski definition) is 2. The van der Waals surface area contributed by atoms with Crippen LogP contribution >= 0.6 is 23.2 Å². The Labute approximate surface area is 121 Å². The highest BCUT2D eigenvalue weighted by Gasteiger charge is 2.14. The summed E-state index contributed by atoms with van der Waals surface area (Å²) in [6, 6.07) is 3.34. The molecule has 0 bridgehead atoms. The van der Waals surface area contributed by atoms with Gasteiger partial charge in [0.25, 0.3) is 0 Å². The number of aliphatic carboxylic acids is 1. The quantitative estimate of drug-likeness (QED) is 0.914. The highest BCUT2D eigenvalue weighted by molar-refractivity contribution is 6.42. The summed E-state index contributed by atoms with van der Waals surface area (Å²) in [6.45, 7) is 1.96. The van der Waals surface area contributed by atoms with E-state index in [9.17, 15) is 4.79 Å². The summed E-state index contributed by atoms with van der Waals surface area (Å²) >= 11 is 12.0. The Morgan fingerprint density at radius 2 is 2.05 bits per heavy atom. The van der Waals surface area contributed by atoms with Crippen molar-refractivity contribution in [2.24, 2.45) is 0 Å². The minimum absolute atomic E-state index is 0.118. The van der Waals surface area contributed by atoms with Crippen molar-refractivity contribution in [3.63, 3.8) is 0 Å². The Bertz CT molecular complexity index is 623. The van der Waals surface area contributed by atoms with Crippen LogP contribution in [0.5, 0.6) is 0 Å². The zero-order valence-corrected chi connectivity index (χ0v) is 12.0. The molecule has 2 aromatic rings. The number of rotatable bonds is 5. The van der Waals surface area contributed by atoms with Crippen LogP contribution < -0.4 is 0 Å². The van der Waals surface area contributed by atoms with E-state index < -0.39 is 5.97 Å². The van der Waals surface area contributed by atoms with E-state index in [1.54, 1.807) is 16.7 Å². The van der Waals surface area contributed by atoms with Crippen LogP contribution in [-0.4, -0.2) is 20.6 Å². The predicted molar refractivity (Wildman–Crippen MR) is 76.0 cm³/mol. The molecule has 1 N–H and O–H groups in total. The first-order valence-electron chi connectivity index (χ1n) is 6.09. The number of nitrogens with zero attached hydrogens (tertiary/aromatic N) is 2. The molecule has 0 atom stereocenters. The van der Waals surface area contributed by atoms with E-state index >= 15 is 0 Å². The fraction of sp³-hybridized carbons (Fsp3) is 0.385. The lowest BCUT2D eigenvalue weighted by atomic mass is 10.2. The summed E-state index contributed by atoms with van der Waals surface area (Å²) in [4.78, 5) is 15.4. The number of aryl methyl sites for hydroxylation is 1. The van der Waals surface area contributed by atoms with Crippen LogP contribution in [0, 0.1) is 0 Å². The van der Waals surface area contributed by atoms with Crippen molar-refractivity contribution in [2.75, 3.05) is 0 Å². The molecule has 0 amide bonds. The van der Waals surface area contributed by atoms with Gasteiger partial charge in [-0.05, 0) is 18.6 Å². The number of imidazole rings is 1. The molecule has 0 aliphatic heterocycles. The maximum absolute atomic E-state index is 11.0. The Morgan fingerprint density at radius 1 is 1.37 bits per heavy atom. The van der Waals surface area contributed by atoms with Crippen molar-refractivity contribution in [1.82, 2.24) is 9.55 Å². The summed E-state index contributed by atoms with van der Waals surface area (Å²) in [5.74, 6) is -0.138. The molecule has 0 aliphatic carbocycles. The third-order valence-electron chi connectivity index (χ3n) is 2.92. The second-order valence-corrected chi connectivity index (χ2v) is 5.18. The molecule has 102 valence electrons. The molecule has 0 saturated heterocycles. The van der Waals surface area contributed by atoms with Crippen LogP contribution in [0.3, 0.4) is 0 Å². The molecule has 0 fully saturated rings. The maximum atomic E-state index is 11.0. The Kier molecular flexibility index (Phi) is 4.32. The number of carboxylic acids is 1. The van der Waals surface area contributed by atoms with E-state index in [1.165, 1.54) is 0 Å². The highest BCUT2D eigenvalue weighted by atomic mass is 35.5. The van der Waals surface area contributed by atoms with Crippen molar-refractivity contribution < 1.29 is 9.90 Å². The summed E-state index contributed by atoms with van der Waals surface area (Å²) in [7, 11) is 0. The van der Waals surface area contributed by atoms with E-state index in [0.717, 1.165) is 25.1 Å². The van der Waals surface area contributed by atoms with Crippen molar-refractivity contribution in [1.29, 1.82) is 0 Å². The lowest BCUT2D eigenvalue weighted by Gasteiger charge is -2.06. The number of carbonyl (C=O) groups is 1. The average molecular weight is 301 g/mol. The molecule has 1 heterocycles. The molecule has 19 heavy (non-hydrogen) atoms. The van der Waals surface area contributed by atoms with Crippen LogP contribution in [0.2, 0.25) is 10.0 Å². The molecule has 1 aromatic carbocycles. The SMILES string of the molecule is CCCCc1nc2cc(Cl)c(Cl)cc2n1CC(=O)O. The largest absolute Gasteiger partial charge is 0.480 e. The van der Waals surface area contributed by atoms with Gasteiger partial charge in [-0.3, -0.25) is 4.79 Å². The minimum atomic E-state index is -0.900. The van der Waals surface area contributed by atoms with Gasteiger partial charge < -0.3 is 9.67 Å². The number of unbranched alkanes of at least 4 members (excludes halogenated alkanes) is 1. The predicted octanol–water partition coefficient (Wildman–Crippen LogP) is 3.77. The van der Waals surface area contributed by atoms with Crippen molar-refractivity contribution in [3.05, 3.63) is 28.0 Å². The van der Waals surface area contributed by atoms with Crippen LogP contribution in [0.25, 0.3) is 11.0 Å². The lowest BCUT2D eigenvalue weighted by molar-refractivity contribution is -0.137. The summed E-state index contributed by atoms with van der Waals surface area (Å²) < 4.78 is 1.69. The number of carboxylic acid groups (broad SMARTS) is 1. The molecule has 0 radical (unpaired) electrons. The minimum Gasteiger partial charge on any atom is -0.480 e. The summed E-state index contributed by atoms with van der Waals surface area (Å²) in [5.41, 5.74) is 1.39. The average Bonchev–Trinajstić information content (AvgIpc) is 2.65. The normalized spacial score (nSPS) is 11.1. The van der Waals surface area contributed by atoms with Crippen molar-refractivity contribution in [3.8, 4) is 0 Å². The van der Waals surface area contributed by atoms with Gasteiger partial charge in [0.05, 0.1) is 21.1 Å². The second kappa shape index (κ2) is 5.80. The van der Waals surface area contributed by atoms with Gasteiger partial charge in [-0.1, -0.05) is 36.5 Å². The van der Waals surface area contributed by atoms with E-state index in [4.69, 9.17) is 28.3 Å². The molecule has 6 heteroatoms. The molecular formula is C13H14Cl2N2O2. The number of hydrogen-bond donors (Lipinski definition) is 1. The van der Waals surface area contributed by atoms with Gasteiger partial charge >= 0.3 is 5.97 Å². The molecule has 0 aliphatic rings. The summed E-state index contributed by atoms with van der Waals surface area (Å²) in [5, 5.41) is 9.84. The van der Waals surface area contributed by atoms with Crippen molar-refractivity contribution in [2.45, 2.75) is 32.7 Å². The standard InChI is InChI=1S/C13H14Cl2N2O2/c1-2-3-4-12-16-10-5-8(14)9(15)6-11(10)17(12)7-13(18)19/h5-6H,2-4,7H2,1H3,(H,18,19). The molecule has 2 rings (SSSR count). The monoisotopic (exact) mass is 300 g/mol. The maximum Gasteiger partial charge on any atom is 0.323 e. The third-order valence-corrected chi connectivity index (χ3v) is 3.64. The highest BCUT2D eigenvalue weighted by Crippen LogP contribution is 2.28. The first-order valence-corrected chi connectivity index (χ1v) is 6.84. The van der Waals surface area contributed by atoms with E-state index in [-0.39, 0.29) is 6.54 Å². The molecule has 0 saturated carbocycles. The van der Waals surface area contributed by atoms with Crippen LogP contribution in [-0.2, 0) is 17.8 Å².